The van der Waals surface area contributed by atoms with Gasteiger partial charge < -0.3 is 10.2 Å². The van der Waals surface area contributed by atoms with Crippen molar-refractivity contribution >= 4 is 5.97 Å². The standard InChI is InChI=1S/C7H12O3/c1-5(2)3-6(8)4-7(9)10/h3,6,8H,4H2,1-2H3,(H,9,10). The molecule has 1 unspecified atom stereocenters. The summed E-state index contributed by atoms with van der Waals surface area (Å²) in [7, 11) is 0. The van der Waals surface area contributed by atoms with Crippen LogP contribution < -0.4 is 0 Å². The van der Waals surface area contributed by atoms with Crippen LogP contribution in [-0.4, -0.2) is 22.3 Å². The van der Waals surface area contributed by atoms with Gasteiger partial charge in [0.05, 0.1) is 12.5 Å². The van der Waals surface area contributed by atoms with Crippen molar-refractivity contribution in [1.29, 1.82) is 0 Å². The molecule has 58 valence electrons. The van der Waals surface area contributed by atoms with Crippen LogP contribution in [0.4, 0.5) is 0 Å². The molecule has 0 aromatic rings. The summed E-state index contributed by atoms with van der Waals surface area (Å²) in [4.78, 5) is 10.0. The molecule has 0 aromatic carbocycles. The Hall–Kier alpha value is -0.830. The zero-order valence-electron chi connectivity index (χ0n) is 6.16. The highest BCUT2D eigenvalue weighted by atomic mass is 16.4. The molecular formula is C7H12O3. The maximum absolute atomic E-state index is 10.0. The van der Waals surface area contributed by atoms with Crippen molar-refractivity contribution in [2.45, 2.75) is 26.4 Å². The third-order valence-corrected chi connectivity index (χ3v) is 0.909. The number of aliphatic hydroxyl groups is 1. The lowest BCUT2D eigenvalue weighted by Crippen LogP contribution is -2.09. The Balaban J connectivity index is 3.75. The van der Waals surface area contributed by atoms with Crippen molar-refractivity contribution < 1.29 is 15.0 Å². The number of aliphatic hydroxyl groups excluding tert-OH is 1. The van der Waals surface area contributed by atoms with Gasteiger partial charge in [-0.05, 0) is 13.8 Å². The van der Waals surface area contributed by atoms with E-state index in [0.717, 1.165) is 5.57 Å². The van der Waals surface area contributed by atoms with Gasteiger partial charge in [-0.2, -0.15) is 0 Å². The zero-order chi connectivity index (χ0) is 8.15. The largest absolute Gasteiger partial charge is 0.481 e. The van der Waals surface area contributed by atoms with Gasteiger partial charge in [0.15, 0.2) is 0 Å². The lowest BCUT2D eigenvalue weighted by atomic mass is 10.2. The first kappa shape index (κ1) is 9.17. The Bertz CT molecular complexity index is 145. The number of carboxylic acid groups (broad SMARTS) is 1. The van der Waals surface area contributed by atoms with Crippen LogP contribution >= 0.6 is 0 Å². The van der Waals surface area contributed by atoms with Crippen LogP contribution in [0.2, 0.25) is 0 Å². The Labute approximate surface area is 60.0 Å². The van der Waals surface area contributed by atoms with E-state index >= 15 is 0 Å². The van der Waals surface area contributed by atoms with Crippen LogP contribution in [-0.2, 0) is 4.79 Å². The number of hydrogen-bond acceptors (Lipinski definition) is 2. The van der Waals surface area contributed by atoms with E-state index in [2.05, 4.69) is 0 Å². The number of carboxylic acids is 1. The third-order valence-electron chi connectivity index (χ3n) is 0.909. The summed E-state index contributed by atoms with van der Waals surface area (Å²) in [6.45, 7) is 3.62. The summed E-state index contributed by atoms with van der Waals surface area (Å²) >= 11 is 0. The molecule has 10 heavy (non-hydrogen) atoms. The van der Waals surface area contributed by atoms with E-state index in [9.17, 15) is 4.79 Å². The molecule has 0 saturated carbocycles. The summed E-state index contributed by atoms with van der Waals surface area (Å²) in [5.41, 5.74) is 0.925. The molecule has 0 spiro atoms. The number of carbonyl (C=O) groups is 1. The summed E-state index contributed by atoms with van der Waals surface area (Å²) in [6, 6.07) is 0. The lowest BCUT2D eigenvalue weighted by molar-refractivity contribution is -0.138. The van der Waals surface area contributed by atoms with Gasteiger partial charge in [-0.1, -0.05) is 11.6 Å². The lowest BCUT2D eigenvalue weighted by Gasteiger charge is -2.00. The highest BCUT2D eigenvalue weighted by molar-refractivity contribution is 5.67. The molecule has 0 heterocycles. The van der Waals surface area contributed by atoms with Crippen molar-refractivity contribution in [3.8, 4) is 0 Å². The van der Waals surface area contributed by atoms with E-state index in [1.54, 1.807) is 0 Å². The van der Waals surface area contributed by atoms with E-state index in [4.69, 9.17) is 10.2 Å². The topological polar surface area (TPSA) is 57.5 Å². The second-order valence-corrected chi connectivity index (χ2v) is 2.41. The van der Waals surface area contributed by atoms with Gasteiger partial charge in [-0.25, -0.2) is 0 Å². The summed E-state index contributed by atoms with van der Waals surface area (Å²) in [5.74, 6) is -0.981. The van der Waals surface area contributed by atoms with Crippen LogP contribution in [0.5, 0.6) is 0 Å². The van der Waals surface area contributed by atoms with Crippen molar-refractivity contribution in [3.05, 3.63) is 11.6 Å². The molecule has 3 nitrogen and oxygen atoms in total. The first-order valence-corrected chi connectivity index (χ1v) is 3.07. The first-order valence-electron chi connectivity index (χ1n) is 3.07. The van der Waals surface area contributed by atoms with Gasteiger partial charge in [-0.15, -0.1) is 0 Å². The van der Waals surface area contributed by atoms with Crippen LogP contribution in [0.1, 0.15) is 20.3 Å². The summed E-state index contributed by atoms with van der Waals surface area (Å²) in [5, 5.41) is 17.1. The third kappa shape index (κ3) is 5.31. The number of aliphatic carboxylic acids is 1. The molecule has 0 aliphatic heterocycles. The number of rotatable bonds is 3. The Morgan fingerprint density at radius 2 is 2.10 bits per heavy atom. The van der Waals surface area contributed by atoms with Crippen LogP contribution in [0, 0.1) is 0 Å². The molecule has 0 fully saturated rings. The van der Waals surface area contributed by atoms with Crippen molar-refractivity contribution in [2.24, 2.45) is 0 Å². The Kier molecular flexibility index (Phi) is 3.72. The highest BCUT2D eigenvalue weighted by Crippen LogP contribution is 1.98. The van der Waals surface area contributed by atoms with Crippen LogP contribution in [0.15, 0.2) is 11.6 Å². The molecule has 0 aliphatic rings. The van der Waals surface area contributed by atoms with Gasteiger partial charge in [-0.3, -0.25) is 4.79 Å². The maximum atomic E-state index is 10.0. The minimum Gasteiger partial charge on any atom is -0.481 e. The van der Waals surface area contributed by atoms with Crippen molar-refractivity contribution in [2.75, 3.05) is 0 Å². The Morgan fingerprint density at radius 1 is 1.60 bits per heavy atom. The van der Waals surface area contributed by atoms with Gasteiger partial charge in [0.2, 0.25) is 0 Å². The molecule has 0 amide bonds. The van der Waals surface area contributed by atoms with Gasteiger partial charge in [0.1, 0.15) is 0 Å². The van der Waals surface area contributed by atoms with E-state index in [-0.39, 0.29) is 6.42 Å². The quantitative estimate of drug-likeness (QED) is 0.576. The molecule has 0 radical (unpaired) electrons. The van der Waals surface area contributed by atoms with Gasteiger partial charge in [0.25, 0.3) is 0 Å². The highest BCUT2D eigenvalue weighted by Gasteiger charge is 2.04. The fourth-order valence-electron chi connectivity index (χ4n) is 0.623. The second-order valence-electron chi connectivity index (χ2n) is 2.41. The molecule has 3 heteroatoms. The summed E-state index contributed by atoms with van der Waals surface area (Å²) < 4.78 is 0. The fourth-order valence-corrected chi connectivity index (χ4v) is 0.623. The normalized spacial score (nSPS) is 12.3. The SMILES string of the molecule is CC(C)=CC(O)CC(=O)O. The predicted molar refractivity (Wildman–Crippen MR) is 37.7 cm³/mol. The molecule has 0 rings (SSSR count). The predicted octanol–water partition coefficient (Wildman–Crippen LogP) is 0.788. The van der Waals surface area contributed by atoms with E-state index in [1.165, 1.54) is 6.08 Å². The Morgan fingerprint density at radius 3 is 2.40 bits per heavy atom. The number of hydrogen-bond donors (Lipinski definition) is 2. The van der Waals surface area contributed by atoms with Crippen molar-refractivity contribution in [1.82, 2.24) is 0 Å². The second kappa shape index (κ2) is 4.06. The average molecular weight is 144 g/mol. The smallest absolute Gasteiger partial charge is 0.306 e. The fraction of sp³-hybridized carbons (Fsp3) is 0.571. The molecule has 2 N–H and O–H groups in total. The van der Waals surface area contributed by atoms with Crippen molar-refractivity contribution in [3.63, 3.8) is 0 Å². The minimum atomic E-state index is -0.981. The van der Waals surface area contributed by atoms with E-state index in [1.807, 2.05) is 13.8 Å². The minimum absolute atomic E-state index is 0.217. The van der Waals surface area contributed by atoms with Crippen LogP contribution in [0.25, 0.3) is 0 Å². The molecule has 0 aliphatic carbocycles. The van der Waals surface area contributed by atoms with E-state index in [0.29, 0.717) is 0 Å². The van der Waals surface area contributed by atoms with Gasteiger partial charge >= 0.3 is 5.97 Å². The first-order chi connectivity index (χ1) is 4.52. The van der Waals surface area contributed by atoms with E-state index < -0.39 is 12.1 Å². The molecule has 0 aromatic heterocycles. The van der Waals surface area contributed by atoms with Gasteiger partial charge in [0, 0.05) is 0 Å². The average Bonchev–Trinajstić information content (AvgIpc) is 1.58. The molecular weight excluding hydrogens is 132 g/mol. The molecule has 0 saturated heterocycles. The monoisotopic (exact) mass is 144 g/mol. The zero-order valence-corrected chi connectivity index (χ0v) is 6.16. The molecule has 1 atom stereocenters. The summed E-state index contributed by atoms with van der Waals surface area (Å²) in [6.07, 6.45) is 0.460. The molecule has 0 bridgehead atoms. The van der Waals surface area contributed by atoms with Crippen LogP contribution in [0.3, 0.4) is 0 Å². The maximum Gasteiger partial charge on any atom is 0.306 e. The number of allylic oxidation sites excluding steroid dienone is 1.